The van der Waals surface area contributed by atoms with Crippen molar-refractivity contribution in [3.8, 4) is 5.75 Å². The number of benzene rings is 2. The number of nitrogens with one attached hydrogen (secondary N) is 2. The molecule has 0 heterocycles. The van der Waals surface area contributed by atoms with Crippen LogP contribution in [0, 0.1) is 10.1 Å². The zero-order valence-electron chi connectivity index (χ0n) is 14.8. The Kier molecular flexibility index (Phi) is 7.03. The Morgan fingerprint density at radius 1 is 1.11 bits per heavy atom. The molecule has 10 heteroatoms. The fourth-order valence-corrected chi connectivity index (χ4v) is 2.14. The molecule has 0 saturated carbocycles. The second-order valence-electron chi connectivity index (χ2n) is 5.40. The summed E-state index contributed by atoms with van der Waals surface area (Å²) in [6, 6.07) is 11.9. The first kappa shape index (κ1) is 20.4. The van der Waals surface area contributed by atoms with E-state index in [0.29, 0.717) is 11.3 Å². The highest BCUT2D eigenvalue weighted by Gasteiger charge is 2.16. The summed E-state index contributed by atoms with van der Waals surface area (Å²) in [7, 11) is 1.46. The van der Waals surface area contributed by atoms with Crippen molar-refractivity contribution in [1.82, 2.24) is 5.32 Å². The fraction of sp³-hybridized carbons (Fsp3) is 0.167. The van der Waals surface area contributed by atoms with E-state index < -0.39 is 35.9 Å². The summed E-state index contributed by atoms with van der Waals surface area (Å²) in [5.74, 6) is -1.61. The fourth-order valence-electron chi connectivity index (χ4n) is 2.14. The lowest BCUT2D eigenvalue weighted by molar-refractivity contribution is -0.383. The molecule has 2 amide bonds. The van der Waals surface area contributed by atoms with Gasteiger partial charge in [-0.1, -0.05) is 18.2 Å². The minimum Gasteiger partial charge on any atom is -0.497 e. The van der Waals surface area contributed by atoms with Crippen LogP contribution in [0.5, 0.6) is 5.75 Å². The number of nitro groups is 1. The van der Waals surface area contributed by atoms with Gasteiger partial charge >= 0.3 is 5.97 Å². The van der Waals surface area contributed by atoms with Gasteiger partial charge in [0.15, 0.2) is 6.61 Å². The van der Waals surface area contributed by atoms with Gasteiger partial charge in [-0.15, -0.1) is 0 Å². The molecule has 0 saturated heterocycles. The van der Waals surface area contributed by atoms with Crippen LogP contribution in [0.3, 0.4) is 0 Å². The number of anilines is 1. The van der Waals surface area contributed by atoms with Crippen molar-refractivity contribution in [3.05, 3.63) is 64.2 Å². The lowest BCUT2D eigenvalue weighted by atomic mass is 10.2. The molecule has 0 fully saturated rings. The van der Waals surface area contributed by atoms with E-state index in [1.54, 1.807) is 18.2 Å². The minimum atomic E-state index is -0.839. The third-order valence-electron chi connectivity index (χ3n) is 3.46. The highest BCUT2D eigenvalue weighted by atomic mass is 16.6. The molecule has 0 radical (unpaired) electrons. The summed E-state index contributed by atoms with van der Waals surface area (Å²) in [4.78, 5) is 45.7. The third kappa shape index (κ3) is 5.80. The molecule has 146 valence electrons. The van der Waals surface area contributed by atoms with Gasteiger partial charge in [-0.2, -0.15) is 0 Å². The minimum absolute atomic E-state index is 0.0140. The first-order chi connectivity index (χ1) is 13.4. The molecule has 0 aliphatic rings. The molecule has 28 heavy (non-hydrogen) atoms. The first-order valence-corrected chi connectivity index (χ1v) is 8.02. The van der Waals surface area contributed by atoms with Crippen molar-refractivity contribution in [2.24, 2.45) is 0 Å². The van der Waals surface area contributed by atoms with E-state index in [1.165, 1.54) is 37.4 Å². The van der Waals surface area contributed by atoms with Crippen molar-refractivity contribution in [2.75, 3.05) is 25.6 Å². The molecule has 2 aromatic carbocycles. The van der Waals surface area contributed by atoms with Crippen molar-refractivity contribution in [3.63, 3.8) is 0 Å². The van der Waals surface area contributed by atoms with Crippen LogP contribution < -0.4 is 15.4 Å². The molecule has 2 aromatic rings. The number of esters is 1. The van der Waals surface area contributed by atoms with E-state index in [2.05, 4.69) is 10.6 Å². The quantitative estimate of drug-likeness (QED) is 0.398. The number of amides is 2. The first-order valence-electron chi connectivity index (χ1n) is 8.02. The Labute approximate surface area is 159 Å². The van der Waals surface area contributed by atoms with Crippen LogP contribution in [0.2, 0.25) is 0 Å². The summed E-state index contributed by atoms with van der Waals surface area (Å²) in [6.07, 6.45) is 0. The van der Waals surface area contributed by atoms with Crippen LogP contribution in [0.25, 0.3) is 0 Å². The van der Waals surface area contributed by atoms with E-state index in [1.807, 2.05) is 0 Å². The van der Waals surface area contributed by atoms with Crippen LogP contribution >= 0.6 is 0 Å². The number of carbonyl (C=O) groups excluding carboxylic acids is 3. The number of methoxy groups -OCH3 is 1. The van der Waals surface area contributed by atoms with E-state index in [0.717, 1.165) is 0 Å². The Bertz CT molecular complexity index is 898. The zero-order chi connectivity index (χ0) is 20.5. The Hall–Kier alpha value is -3.95. The number of nitrogens with zero attached hydrogens (tertiary/aromatic N) is 1. The van der Waals surface area contributed by atoms with Gasteiger partial charge in [0.05, 0.1) is 12.0 Å². The van der Waals surface area contributed by atoms with Crippen molar-refractivity contribution < 1.29 is 28.8 Å². The van der Waals surface area contributed by atoms with E-state index in [4.69, 9.17) is 9.47 Å². The summed E-state index contributed by atoms with van der Waals surface area (Å²) < 4.78 is 9.76. The van der Waals surface area contributed by atoms with Crippen LogP contribution in [0.15, 0.2) is 48.5 Å². The molecular formula is C18H17N3O7. The summed E-state index contributed by atoms with van der Waals surface area (Å²) in [6.45, 7) is -1.10. The number of nitro benzene ring substituents is 1. The number of hydrogen-bond acceptors (Lipinski definition) is 7. The summed E-state index contributed by atoms with van der Waals surface area (Å²) >= 11 is 0. The van der Waals surface area contributed by atoms with E-state index in [9.17, 15) is 24.5 Å². The molecule has 0 bridgehead atoms. The highest BCUT2D eigenvalue weighted by molar-refractivity contribution is 5.97. The van der Waals surface area contributed by atoms with Gasteiger partial charge in [0.25, 0.3) is 17.5 Å². The Morgan fingerprint density at radius 2 is 1.86 bits per heavy atom. The maximum atomic E-state index is 12.0. The smallest absolute Gasteiger partial charge is 0.325 e. The highest BCUT2D eigenvalue weighted by Crippen LogP contribution is 2.22. The van der Waals surface area contributed by atoms with Crippen LogP contribution in [-0.4, -0.2) is 43.0 Å². The number of carbonyl (C=O) groups is 3. The molecule has 10 nitrogen and oxygen atoms in total. The second-order valence-corrected chi connectivity index (χ2v) is 5.40. The van der Waals surface area contributed by atoms with Gasteiger partial charge in [0.1, 0.15) is 18.0 Å². The van der Waals surface area contributed by atoms with Gasteiger partial charge < -0.3 is 20.1 Å². The Balaban J connectivity index is 1.80. The predicted octanol–water partition coefficient (Wildman–Crippen LogP) is 1.52. The topological polar surface area (TPSA) is 137 Å². The lowest BCUT2D eigenvalue weighted by Crippen LogP contribution is -2.32. The normalized spacial score (nSPS) is 9.89. The number of ether oxygens (including phenoxy) is 2. The number of para-hydroxylation sites is 2. The van der Waals surface area contributed by atoms with Crippen LogP contribution in [0.4, 0.5) is 11.4 Å². The lowest BCUT2D eigenvalue weighted by Gasteiger charge is -2.08. The average molecular weight is 387 g/mol. The molecule has 0 spiro atoms. The van der Waals surface area contributed by atoms with Gasteiger partial charge in [-0.25, -0.2) is 0 Å². The maximum Gasteiger partial charge on any atom is 0.325 e. The Morgan fingerprint density at radius 3 is 2.57 bits per heavy atom. The number of rotatable bonds is 8. The molecule has 2 N–H and O–H groups in total. The average Bonchev–Trinajstić information content (AvgIpc) is 2.70. The molecule has 0 aromatic heterocycles. The largest absolute Gasteiger partial charge is 0.497 e. The van der Waals surface area contributed by atoms with Crippen molar-refractivity contribution >= 4 is 29.2 Å². The predicted molar refractivity (Wildman–Crippen MR) is 98.0 cm³/mol. The third-order valence-corrected chi connectivity index (χ3v) is 3.46. The van der Waals surface area contributed by atoms with Gasteiger partial charge in [0.2, 0.25) is 0 Å². The maximum absolute atomic E-state index is 12.0. The molecule has 0 aliphatic heterocycles. The summed E-state index contributed by atoms with van der Waals surface area (Å²) in [5, 5.41) is 15.5. The molecule has 0 aliphatic carbocycles. The van der Waals surface area contributed by atoms with Gasteiger partial charge in [0, 0.05) is 11.6 Å². The molecule has 2 rings (SSSR count). The second kappa shape index (κ2) is 9.67. The number of hydrogen-bond donors (Lipinski definition) is 2. The van der Waals surface area contributed by atoms with Crippen LogP contribution in [-0.2, 0) is 14.3 Å². The standard InChI is InChI=1S/C18H17N3O7/c1-27-13-6-4-5-12(9-13)18(24)19-10-17(23)28-11-16(22)20-14-7-2-3-8-15(14)21(25)26/h2-9H,10-11H2,1H3,(H,19,24)(H,20,22). The monoisotopic (exact) mass is 387 g/mol. The molecular weight excluding hydrogens is 370 g/mol. The van der Waals surface area contributed by atoms with E-state index in [-0.39, 0.29) is 11.4 Å². The van der Waals surface area contributed by atoms with Gasteiger partial charge in [-0.05, 0) is 24.3 Å². The summed E-state index contributed by atoms with van der Waals surface area (Å²) in [5.41, 5.74) is -0.00566. The van der Waals surface area contributed by atoms with E-state index >= 15 is 0 Å². The van der Waals surface area contributed by atoms with Crippen molar-refractivity contribution in [2.45, 2.75) is 0 Å². The van der Waals surface area contributed by atoms with Crippen LogP contribution in [0.1, 0.15) is 10.4 Å². The van der Waals surface area contributed by atoms with Crippen molar-refractivity contribution in [1.29, 1.82) is 0 Å². The SMILES string of the molecule is COc1cccc(C(=O)NCC(=O)OCC(=O)Nc2ccccc2[N+](=O)[O-])c1. The molecule has 0 unspecified atom stereocenters. The molecule has 0 atom stereocenters. The van der Waals surface area contributed by atoms with Gasteiger partial charge in [-0.3, -0.25) is 24.5 Å². The zero-order valence-corrected chi connectivity index (χ0v) is 14.8.